The number of hydrogen-bond donors (Lipinski definition) is 1. The van der Waals surface area contributed by atoms with Gasteiger partial charge in [-0.2, -0.15) is 0 Å². The lowest BCUT2D eigenvalue weighted by Crippen LogP contribution is -2.16. The smallest absolute Gasteiger partial charge is 0.0827 e. The summed E-state index contributed by atoms with van der Waals surface area (Å²) in [5, 5.41) is 10.1. The number of aliphatic hydroxyl groups is 1. The van der Waals surface area contributed by atoms with Gasteiger partial charge in [-0.1, -0.05) is 12.8 Å². The Hall–Kier alpha value is -0.890. The Morgan fingerprint density at radius 3 is 3.00 bits per heavy atom. The first-order valence-electron chi connectivity index (χ1n) is 5.50. The molecule has 0 unspecified atom stereocenters. The normalized spacial score (nSPS) is 35.1. The predicted octanol–water partition coefficient (Wildman–Crippen LogP) is 2.40. The van der Waals surface area contributed by atoms with Crippen molar-refractivity contribution in [2.45, 2.75) is 37.7 Å². The van der Waals surface area contributed by atoms with Crippen LogP contribution in [0.5, 0.6) is 0 Å². The van der Waals surface area contributed by atoms with Gasteiger partial charge in [0.1, 0.15) is 0 Å². The number of rotatable bonds is 0. The summed E-state index contributed by atoms with van der Waals surface area (Å²) in [5.74, 6) is 1.06. The van der Waals surface area contributed by atoms with Gasteiger partial charge in [0, 0.05) is 12.4 Å². The summed E-state index contributed by atoms with van der Waals surface area (Å²) in [6.45, 7) is 0. The second-order valence-corrected chi connectivity index (χ2v) is 4.50. The van der Waals surface area contributed by atoms with Crippen LogP contribution in [-0.4, -0.2) is 10.1 Å². The van der Waals surface area contributed by atoms with E-state index in [1.54, 1.807) is 6.20 Å². The van der Waals surface area contributed by atoms with E-state index in [0.717, 1.165) is 5.56 Å². The zero-order valence-corrected chi connectivity index (χ0v) is 8.19. The SMILES string of the molecule is O[C@@H]1c2ccncc2[C@H]2CCCC[C@@H]12. The number of aliphatic hydroxyl groups excluding tert-OH is 1. The number of nitrogens with zero attached hydrogens (tertiary/aromatic N) is 1. The molecular weight excluding hydrogens is 174 g/mol. The van der Waals surface area contributed by atoms with E-state index >= 15 is 0 Å². The van der Waals surface area contributed by atoms with Crippen LogP contribution in [0.4, 0.5) is 0 Å². The van der Waals surface area contributed by atoms with Gasteiger partial charge in [-0.25, -0.2) is 0 Å². The molecule has 2 nitrogen and oxygen atoms in total. The van der Waals surface area contributed by atoms with E-state index in [4.69, 9.17) is 0 Å². The summed E-state index contributed by atoms with van der Waals surface area (Å²) in [6, 6.07) is 1.98. The fourth-order valence-electron chi connectivity index (χ4n) is 3.15. The average molecular weight is 189 g/mol. The summed E-state index contributed by atoms with van der Waals surface area (Å²) in [5.41, 5.74) is 2.45. The van der Waals surface area contributed by atoms with Crippen molar-refractivity contribution in [2.24, 2.45) is 5.92 Å². The van der Waals surface area contributed by atoms with Crippen molar-refractivity contribution in [3.05, 3.63) is 29.6 Å². The molecule has 0 radical (unpaired) electrons. The van der Waals surface area contributed by atoms with E-state index in [1.165, 1.54) is 31.2 Å². The first kappa shape index (κ1) is 8.42. The zero-order valence-electron chi connectivity index (χ0n) is 8.19. The molecule has 0 aliphatic heterocycles. The lowest BCUT2D eigenvalue weighted by molar-refractivity contribution is 0.0907. The largest absolute Gasteiger partial charge is 0.388 e. The Kier molecular flexibility index (Phi) is 1.84. The topological polar surface area (TPSA) is 33.1 Å². The third kappa shape index (κ3) is 1.04. The molecule has 0 bridgehead atoms. The second kappa shape index (κ2) is 3.06. The molecule has 3 rings (SSSR count). The van der Waals surface area contributed by atoms with Crippen LogP contribution >= 0.6 is 0 Å². The van der Waals surface area contributed by atoms with Gasteiger partial charge >= 0.3 is 0 Å². The second-order valence-electron chi connectivity index (χ2n) is 4.50. The number of hydrogen-bond acceptors (Lipinski definition) is 2. The Bertz CT molecular complexity index is 350. The Labute approximate surface area is 84.0 Å². The van der Waals surface area contributed by atoms with Crippen molar-refractivity contribution in [1.29, 1.82) is 0 Å². The van der Waals surface area contributed by atoms with Crippen LogP contribution in [0.2, 0.25) is 0 Å². The van der Waals surface area contributed by atoms with Crippen molar-refractivity contribution in [3.8, 4) is 0 Å². The van der Waals surface area contributed by atoms with E-state index in [2.05, 4.69) is 4.98 Å². The molecule has 2 heteroatoms. The van der Waals surface area contributed by atoms with Crippen LogP contribution in [0.25, 0.3) is 0 Å². The maximum atomic E-state index is 10.1. The maximum absolute atomic E-state index is 10.1. The molecule has 1 aromatic heterocycles. The van der Waals surface area contributed by atoms with Gasteiger partial charge in [-0.15, -0.1) is 0 Å². The first-order valence-corrected chi connectivity index (χ1v) is 5.50. The summed E-state index contributed by atoms with van der Waals surface area (Å²) >= 11 is 0. The summed E-state index contributed by atoms with van der Waals surface area (Å²) in [7, 11) is 0. The van der Waals surface area contributed by atoms with Crippen molar-refractivity contribution >= 4 is 0 Å². The van der Waals surface area contributed by atoms with Crippen molar-refractivity contribution < 1.29 is 5.11 Å². The first-order chi connectivity index (χ1) is 6.88. The van der Waals surface area contributed by atoms with Crippen molar-refractivity contribution in [3.63, 3.8) is 0 Å². The van der Waals surface area contributed by atoms with Crippen LogP contribution in [-0.2, 0) is 0 Å². The zero-order chi connectivity index (χ0) is 9.54. The molecule has 2 aliphatic rings. The van der Waals surface area contributed by atoms with Crippen LogP contribution in [0.15, 0.2) is 18.5 Å². The van der Waals surface area contributed by atoms with E-state index in [1.807, 2.05) is 12.3 Å². The molecule has 14 heavy (non-hydrogen) atoms. The highest BCUT2D eigenvalue weighted by molar-refractivity contribution is 5.36. The number of pyridine rings is 1. The van der Waals surface area contributed by atoms with Crippen LogP contribution in [0.3, 0.4) is 0 Å². The van der Waals surface area contributed by atoms with Crippen molar-refractivity contribution in [2.75, 3.05) is 0 Å². The fourth-order valence-corrected chi connectivity index (χ4v) is 3.15. The molecule has 74 valence electrons. The molecular formula is C12H15NO. The van der Waals surface area contributed by atoms with Gasteiger partial charge < -0.3 is 5.11 Å². The molecule has 0 saturated heterocycles. The fraction of sp³-hybridized carbons (Fsp3) is 0.583. The van der Waals surface area contributed by atoms with Gasteiger partial charge in [0.25, 0.3) is 0 Å². The third-order valence-electron chi connectivity index (χ3n) is 3.83. The molecule has 1 saturated carbocycles. The standard InChI is InChI=1S/C12H15NO/c14-12-9-4-2-1-3-8(9)11-7-13-6-5-10(11)12/h5-9,12,14H,1-4H2/t8-,9+,12-/m0/s1. The molecule has 0 spiro atoms. The Balaban J connectivity index is 2.06. The van der Waals surface area contributed by atoms with E-state index < -0.39 is 0 Å². The van der Waals surface area contributed by atoms with Gasteiger partial charge in [0.05, 0.1) is 6.10 Å². The minimum atomic E-state index is -0.224. The van der Waals surface area contributed by atoms with Gasteiger partial charge in [0.2, 0.25) is 0 Å². The summed E-state index contributed by atoms with van der Waals surface area (Å²) in [6.07, 6.45) is 8.52. The molecule has 1 heterocycles. The predicted molar refractivity (Wildman–Crippen MR) is 53.9 cm³/mol. The highest BCUT2D eigenvalue weighted by Gasteiger charge is 2.40. The lowest BCUT2D eigenvalue weighted by atomic mass is 9.79. The quantitative estimate of drug-likeness (QED) is 0.679. The van der Waals surface area contributed by atoms with Crippen LogP contribution in [0, 0.1) is 5.92 Å². The maximum Gasteiger partial charge on any atom is 0.0827 e. The molecule has 1 fully saturated rings. The minimum absolute atomic E-state index is 0.224. The highest BCUT2D eigenvalue weighted by atomic mass is 16.3. The molecule has 1 N–H and O–H groups in total. The molecule has 3 atom stereocenters. The highest BCUT2D eigenvalue weighted by Crippen LogP contribution is 2.51. The van der Waals surface area contributed by atoms with Gasteiger partial charge in [-0.3, -0.25) is 4.98 Å². The minimum Gasteiger partial charge on any atom is -0.388 e. The Morgan fingerprint density at radius 1 is 1.21 bits per heavy atom. The van der Waals surface area contributed by atoms with Gasteiger partial charge in [-0.05, 0) is 41.9 Å². The van der Waals surface area contributed by atoms with Gasteiger partial charge in [0.15, 0.2) is 0 Å². The van der Waals surface area contributed by atoms with E-state index in [9.17, 15) is 5.11 Å². The monoisotopic (exact) mass is 189 g/mol. The third-order valence-corrected chi connectivity index (χ3v) is 3.83. The molecule has 1 aromatic rings. The molecule has 0 amide bonds. The number of fused-ring (bicyclic) bond motifs is 3. The lowest BCUT2D eigenvalue weighted by Gasteiger charge is -2.27. The van der Waals surface area contributed by atoms with Crippen molar-refractivity contribution in [1.82, 2.24) is 4.98 Å². The average Bonchev–Trinajstić information content (AvgIpc) is 2.55. The van der Waals surface area contributed by atoms with Crippen LogP contribution in [0.1, 0.15) is 48.8 Å². The summed E-state index contributed by atoms with van der Waals surface area (Å²) < 4.78 is 0. The molecule has 2 aliphatic carbocycles. The van der Waals surface area contributed by atoms with E-state index in [-0.39, 0.29) is 6.10 Å². The van der Waals surface area contributed by atoms with Crippen LogP contribution < -0.4 is 0 Å². The Morgan fingerprint density at radius 2 is 2.07 bits per heavy atom. The van der Waals surface area contributed by atoms with E-state index in [0.29, 0.717) is 11.8 Å². The summed E-state index contributed by atoms with van der Waals surface area (Å²) in [4.78, 5) is 4.17. The molecule has 0 aromatic carbocycles. The number of aromatic nitrogens is 1.